The van der Waals surface area contributed by atoms with Crippen molar-refractivity contribution < 1.29 is 13.2 Å². The third-order valence-electron chi connectivity index (χ3n) is 2.85. The summed E-state index contributed by atoms with van der Waals surface area (Å²) in [7, 11) is -3.24. The molecule has 0 amide bonds. The van der Waals surface area contributed by atoms with Crippen LogP contribution in [0.3, 0.4) is 0 Å². The van der Waals surface area contributed by atoms with Gasteiger partial charge in [0.15, 0.2) is 9.84 Å². The maximum Gasteiger partial charge on any atom is 0.175 e. The zero-order valence-corrected chi connectivity index (χ0v) is 12.1. The molecule has 2 rings (SSSR count). The number of ether oxygens (including phenoxy) is 1. The quantitative estimate of drug-likeness (QED) is 0.918. The normalized spacial score (nSPS) is 11.3. The minimum Gasteiger partial charge on any atom is -0.457 e. The number of hydrogen-bond acceptors (Lipinski definition) is 4. The molecule has 4 nitrogen and oxygen atoms in total. The highest BCUT2D eigenvalue weighted by Crippen LogP contribution is 2.27. The minimum atomic E-state index is -3.24. The zero-order chi connectivity index (χ0) is 14.6. The second-order valence-electron chi connectivity index (χ2n) is 4.50. The minimum absolute atomic E-state index is 0.242. The summed E-state index contributed by atoms with van der Waals surface area (Å²) in [6, 6.07) is 14.1. The Morgan fingerprint density at radius 3 is 2.55 bits per heavy atom. The first kappa shape index (κ1) is 14.6. The van der Waals surface area contributed by atoms with Crippen molar-refractivity contribution in [3.05, 3.63) is 54.1 Å². The van der Waals surface area contributed by atoms with Crippen molar-refractivity contribution in [2.45, 2.75) is 11.3 Å². The monoisotopic (exact) mass is 291 g/mol. The Morgan fingerprint density at radius 2 is 1.85 bits per heavy atom. The smallest absolute Gasteiger partial charge is 0.175 e. The van der Waals surface area contributed by atoms with Crippen LogP contribution >= 0.6 is 0 Å². The van der Waals surface area contributed by atoms with Crippen LogP contribution in [0.2, 0.25) is 0 Å². The molecule has 0 radical (unpaired) electrons. The molecule has 0 heterocycles. The standard InChI is InChI=1S/C15H17NO3S/c1-20(17,18)14-7-4-6-13(11-14)19-15-8-3-2-5-12(15)9-10-16/h2-8,11H,9-10,16H2,1H3. The second kappa shape index (κ2) is 6.07. The molecule has 0 unspecified atom stereocenters. The van der Waals surface area contributed by atoms with Crippen molar-refractivity contribution in [1.29, 1.82) is 0 Å². The van der Waals surface area contributed by atoms with Crippen LogP contribution in [-0.4, -0.2) is 21.2 Å². The molecule has 20 heavy (non-hydrogen) atoms. The largest absolute Gasteiger partial charge is 0.457 e. The van der Waals surface area contributed by atoms with Gasteiger partial charge in [0, 0.05) is 6.26 Å². The fraction of sp³-hybridized carbons (Fsp3) is 0.200. The van der Waals surface area contributed by atoms with Crippen LogP contribution in [0.5, 0.6) is 11.5 Å². The average Bonchev–Trinajstić information content (AvgIpc) is 2.41. The maximum atomic E-state index is 11.5. The summed E-state index contributed by atoms with van der Waals surface area (Å²) in [6.45, 7) is 0.532. The van der Waals surface area contributed by atoms with Gasteiger partial charge in [-0.05, 0) is 42.8 Å². The Bertz CT molecular complexity index is 696. The molecule has 0 atom stereocenters. The Hall–Kier alpha value is -1.85. The van der Waals surface area contributed by atoms with Crippen molar-refractivity contribution >= 4 is 9.84 Å². The number of benzene rings is 2. The maximum absolute atomic E-state index is 11.5. The Labute approximate surface area is 119 Å². The van der Waals surface area contributed by atoms with E-state index in [2.05, 4.69) is 0 Å². The fourth-order valence-corrected chi connectivity index (χ4v) is 2.52. The highest BCUT2D eigenvalue weighted by molar-refractivity contribution is 7.90. The van der Waals surface area contributed by atoms with Crippen LogP contribution in [-0.2, 0) is 16.3 Å². The molecular formula is C15H17NO3S. The van der Waals surface area contributed by atoms with E-state index in [1.165, 1.54) is 12.3 Å². The fourth-order valence-electron chi connectivity index (χ4n) is 1.86. The van der Waals surface area contributed by atoms with Crippen molar-refractivity contribution in [2.24, 2.45) is 5.73 Å². The number of nitrogens with two attached hydrogens (primary N) is 1. The van der Waals surface area contributed by atoms with Crippen LogP contribution in [0.15, 0.2) is 53.4 Å². The SMILES string of the molecule is CS(=O)(=O)c1cccc(Oc2ccccc2CCN)c1. The van der Waals surface area contributed by atoms with Gasteiger partial charge in [-0.3, -0.25) is 0 Å². The third kappa shape index (κ3) is 3.59. The molecule has 0 saturated heterocycles. The van der Waals surface area contributed by atoms with Crippen molar-refractivity contribution in [3.63, 3.8) is 0 Å². The van der Waals surface area contributed by atoms with Gasteiger partial charge in [0.25, 0.3) is 0 Å². The van der Waals surface area contributed by atoms with Crippen LogP contribution in [0.25, 0.3) is 0 Å². The predicted octanol–water partition coefficient (Wildman–Crippen LogP) is 2.38. The molecule has 2 aromatic rings. The molecule has 0 aromatic heterocycles. The van der Waals surface area contributed by atoms with E-state index in [9.17, 15) is 8.42 Å². The van der Waals surface area contributed by atoms with Gasteiger partial charge in [-0.25, -0.2) is 8.42 Å². The van der Waals surface area contributed by atoms with E-state index in [0.717, 1.165) is 5.56 Å². The Morgan fingerprint density at radius 1 is 1.10 bits per heavy atom. The molecule has 2 aromatic carbocycles. The molecule has 0 fully saturated rings. The van der Waals surface area contributed by atoms with E-state index in [4.69, 9.17) is 10.5 Å². The third-order valence-corrected chi connectivity index (χ3v) is 3.96. The van der Waals surface area contributed by atoms with Gasteiger partial charge in [-0.2, -0.15) is 0 Å². The lowest BCUT2D eigenvalue weighted by Gasteiger charge is -2.11. The van der Waals surface area contributed by atoms with Gasteiger partial charge in [-0.1, -0.05) is 24.3 Å². The topological polar surface area (TPSA) is 69.4 Å². The van der Waals surface area contributed by atoms with Gasteiger partial charge < -0.3 is 10.5 Å². The van der Waals surface area contributed by atoms with E-state index in [-0.39, 0.29) is 4.90 Å². The molecule has 0 aliphatic carbocycles. The van der Waals surface area contributed by atoms with E-state index in [1.807, 2.05) is 24.3 Å². The lowest BCUT2D eigenvalue weighted by Crippen LogP contribution is -2.04. The van der Waals surface area contributed by atoms with Gasteiger partial charge in [-0.15, -0.1) is 0 Å². The number of hydrogen-bond donors (Lipinski definition) is 1. The Balaban J connectivity index is 2.31. The van der Waals surface area contributed by atoms with Gasteiger partial charge in [0.2, 0.25) is 0 Å². The second-order valence-corrected chi connectivity index (χ2v) is 6.51. The van der Waals surface area contributed by atoms with Crippen molar-refractivity contribution in [1.82, 2.24) is 0 Å². The molecule has 0 saturated carbocycles. The lowest BCUT2D eigenvalue weighted by atomic mass is 10.1. The summed E-state index contributed by atoms with van der Waals surface area (Å²) in [6.07, 6.45) is 1.89. The first-order chi connectivity index (χ1) is 9.50. The molecule has 0 bridgehead atoms. The van der Waals surface area contributed by atoms with Gasteiger partial charge >= 0.3 is 0 Å². The van der Waals surface area contributed by atoms with Gasteiger partial charge in [0.1, 0.15) is 11.5 Å². The molecule has 0 aliphatic heterocycles. The predicted molar refractivity (Wildman–Crippen MR) is 78.8 cm³/mol. The van der Waals surface area contributed by atoms with Crippen molar-refractivity contribution in [2.75, 3.05) is 12.8 Å². The molecule has 0 spiro atoms. The molecule has 2 N–H and O–H groups in total. The summed E-state index contributed by atoms with van der Waals surface area (Å²) >= 11 is 0. The van der Waals surface area contributed by atoms with Crippen LogP contribution < -0.4 is 10.5 Å². The van der Waals surface area contributed by atoms with Crippen LogP contribution in [0.4, 0.5) is 0 Å². The molecular weight excluding hydrogens is 274 g/mol. The molecule has 0 aliphatic rings. The van der Waals surface area contributed by atoms with Crippen molar-refractivity contribution in [3.8, 4) is 11.5 Å². The summed E-state index contributed by atoms with van der Waals surface area (Å²) < 4.78 is 28.8. The highest BCUT2D eigenvalue weighted by Gasteiger charge is 2.09. The van der Waals surface area contributed by atoms with Gasteiger partial charge in [0.05, 0.1) is 4.90 Å². The van der Waals surface area contributed by atoms with E-state index in [0.29, 0.717) is 24.5 Å². The molecule has 106 valence electrons. The number of sulfone groups is 1. The summed E-state index contributed by atoms with van der Waals surface area (Å²) in [5.41, 5.74) is 6.57. The summed E-state index contributed by atoms with van der Waals surface area (Å²) in [5.74, 6) is 1.20. The first-order valence-corrected chi connectivity index (χ1v) is 8.16. The molecule has 5 heteroatoms. The van der Waals surface area contributed by atoms with Crippen LogP contribution in [0.1, 0.15) is 5.56 Å². The first-order valence-electron chi connectivity index (χ1n) is 6.26. The number of rotatable bonds is 5. The summed E-state index contributed by atoms with van der Waals surface area (Å²) in [5, 5.41) is 0. The van der Waals surface area contributed by atoms with E-state index >= 15 is 0 Å². The lowest BCUT2D eigenvalue weighted by molar-refractivity contribution is 0.474. The average molecular weight is 291 g/mol. The Kier molecular flexibility index (Phi) is 4.42. The zero-order valence-electron chi connectivity index (χ0n) is 11.2. The van der Waals surface area contributed by atoms with Crippen LogP contribution in [0, 0.1) is 0 Å². The highest BCUT2D eigenvalue weighted by atomic mass is 32.2. The van der Waals surface area contributed by atoms with E-state index < -0.39 is 9.84 Å². The summed E-state index contributed by atoms with van der Waals surface area (Å²) in [4.78, 5) is 0.242. The number of para-hydroxylation sites is 1. The van der Waals surface area contributed by atoms with E-state index in [1.54, 1.807) is 18.2 Å².